The third-order valence-electron chi connectivity index (χ3n) is 7.23. The Morgan fingerprint density at radius 3 is 1.81 bits per heavy atom. The van der Waals surface area contributed by atoms with Gasteiger partial charge in [-0.05, 0) is 49.3 Å². The number of hydrogen-bond donors (Lipinski definition) is 3. The molecule has 0 fully saturated rings. The lowest BCUT2D eigenvalue weighted by molar-refractivity contribution is -0.157. The predicted octanol–water partition coefficient (Wildman–Crippen LogP) is 5.12. The van der Waals surface area contributed by atoms with Crippen molar-refractivity contribution in [2.45, 2.75) is 50.8 Å². The van der Waals surface area contributed by atoms with Crippen LogP contribution in [0, 0.1) is 11.8 Å². The lowest BCUT2D eigenvalue weighted by atomic mass is 9.95. The second-order valence-corrected chi connectivity index (χ2v) is 10.6. The van der Waals surface area contributed by atoms with E-state index in [2.05, 4.69) is 23.8 Å². The summed E-state index contributed by atoms with van der Waals surface area (Å²) < 4.78 is 6.08. The van der Waals surface area contributed by atoms with Crippen LogP contribution in [0.15, 0.2) is 116 Å². The van der Waals surface area contributed by atoms with E-state index < -0.39 is 47.8 Å². The van der Waals surface area contributed by atoms with Crippen LogP contribution < -0.4 is 10.6 Å². The van der Waals surface area contributed by atoms with E-state index in [0.717, 1.165) is 11.1 Å². The van der Waals surface area contributed by atoms with Gasteiger partial charge in [-0.1, -0.05) is 103 Å². The number of hydrogen-bond acceptors (Lipinski definition) is 5. The Hall–Kier alpha value is -4.49. The third kappa shape index (κ3) is 10.4. The van der Waals surface area contributed by atoms with Gasteiger partial charge in [0, 0.05) is 0 Å². The van der Waals surface area contributed by atoms with Gasteiger partial charge in [-0.15, -0.1) is 13.2 Å². The van der Waals surface area contributed by atoms with E-state index in [4.69, 9.17) is 4.74 Å². The number of ether oxygens (including phenoxy) is 1. The zero-order valence-electron chi connectivity index (χ0n) is 24.7. The number of nitrogens with one attached hydrogen (secondary N) is 2. The molecule has 0 spiro atoms. The van der Waals surface area contributed by atoms with E-state index in [9.17, 15) is 19.5 Å². The number of carbonyl (C=O) groups is 3. The minimum atomic E-state index is -1.08. The average molecular weight is 583 g/mol. The lowest BCUT2D eigenvalue weighted by Crippen LogP contribution is -2.49. The molecule has 5 atom stereocenters. The van der Waals surface area contributed by atoms with Gasteiger partial charge in [-0.25, -0.2) is 0 Å². The summed E-state index contributed by atoms with van der Waals surface area (Å²) in [4.78, 5) is 40.2. The standard InChI is InChI=1S/C36H42N2O5/c1-4-15-30(23-27-17-9-6-10-18-27)36(42)43-33(29-21-13-8-14-22-29)26(3)37-34(40)32(16-5-2)35(41)38-31(25-39)24-28-19-11-7-12-20-28/h4-14,17-22,26,30-33,39H,1-2,15-16,23-25H2,3H3,(H,37,40)(H,38,41)/t26-,30+,31-,32?,33-/m1/s1. The van der Waals surface area contributed by atoms with Gasteiger partial charge in [0.1, 0.15) is 12.0 Å². The van der Waals surface area contributed by atoms with Crippen LogP contribution in [0.3, 0.4) is 0 Å². The summed E-state index contributed by atoms with van der Waals surface area (Å²) in [6, 6.07) is 27.2. The molecule has 0 aliphatic carbocycles. The van der Waals surface area contributed by atoms with Crippen LogP contribution in [0.2, 0.25) is 0 Å². The van der Waals surface area contributed by atoms with Crippen molar-refractivity contribution in [1.29, 1.82) is 0 Å². The van der Waals surface area contributed by atoms with Crippen LogP contribution in [-0.2, 0) is 32.0 Å². The summed E-state index contributed by atoms with van der Waals surface area (Å²) in [5.74, 6) is -2.96. The Balaban J connectivity index is 1.74. The van der Waals surface area contributed by atoms with Gasteiger partial charge in [0.25, 0.3) is 0 Å². The summed E-state index contributed by atoms with van der Waals surface area (Å²) in [6.45, 7) is 9.00. The van der Waals surface area contributed by atoms with E-state index in [1.165, 1.54) is 6.08 Å². The van der Waals surface area contributed by atoms with Crippen LogP contribution in [0.4, 0.5) is 0 Å². The highest BCUT2D eigenvalue weighted by Gasteiger charge is 2.33. The highest BCUT2D eigenvalue weighted by molar-refractivity contribution is 6.00. The third-order valence-corrected chi connectivity index (χ3v) is 7.23. The normalized spacial score (nSPS) is 14.3. The Morgan fingerprint density at radius 1 is 0.767 bits per heavy atom. The Morgan fingerprint density at radius 2 is 1.28 bits per heavy atom. The molecule has 3 N–H and O–H groups in total. The molecule has 3 aromatic carbocycles. The van der Waals surface area contributed by atoms with Crippen molar-refractivity contribution >= 4 is 17.8 Å². The minimum Gasteiger partial charge on any atom is -0.455 e. The number of aliphatic hydroxyl groups excluding tert-OH is 1. The maximum Gasteiger partial charge on any atom is 0.310 e. The maximum atomic E-state index is 13.5. The van der Waals surface area contributed by atoms with Crippen molar-refractivity contribution < 1.29 is 24.2 Å². The lowest BCUT2D eigenvalue weighted by Gasteiger charge is -2.29. The molecule has 7 nitrogen and oxygen atoms in total. The first kappa shape index (κ1) is 33.0. The number of benzene rings is 3. The van der Waals surface area contributed by atoms with Crippen molar-refractivity contribution in [2.24, 2.45) is 11.8 Å². The highest BCUT2D eigenvalue weighted by Crippen LogP contribution is 2.25. The van der Waals surface area contributed by atoms with Crippen LogP contribution in [-0.4, -0.2) is 41.6 Å². The molecule has 43 heavy (non-hydrogen) atoms. The fraction of sp³-hybridized carbons (Fsp3) is 0.306. The molecule has 3 aromatic rings. The average Bonchev–Trinajstić information content (AvgIpc) is 3.03. The number of allylic oxidation sites excluding steroid dienone is 2. The fourth-order valence-corrected chi connectivity index (χ4v) is 4.95. The summed E-state index contributed by atoms with van der Waals surface area (Å²) in [6.07, 6.45) is 3.87. The molecule has 7 heteroatoms. The number of amides is 2. The molecule has 2 amide bonds. The second-order valence-electron chi connectivity index (χ2n) is 10.6. The van der Waals surface area contributed by atoms with Crippen molar-refractivity contribution in [3.05, 3.63) is 133 Å². The molecule has 226 valence electrons. The Kier molecular flexibility index (Phi) is 13.4. The molecule has 0 aliphatic heterocycles. The molecule has 0 bridgehead atoms. The summed E-state index contributed by atoms with van der Waals surface area (Å²) in [5.41, 5.74) is 2.68. The zero-order chi connectivity index (χ0) is 31.0. The first-order valence-corrected chi connectivity index (χ1v) is 14.6. The van der Waals surface area contributed by atoms with E-state index in [1.54, 1.807) is 13.0 Å². The Bertz CT molecular complexity index is 1310. The van der Waals surface area contributed by atoms with Gasteiger partial charge >= 0.3 is 5.97 Å². The number of aliphatic hydroxyl groups is 1. The summed E-state index contributed by atoms with van der Waals surface area (Å²) in [7, 11) is 0. The van der Waals surface area contributed by atoms with Gasteiger partial charge in [0.05, 0.1) is 24.6 Å². The van der Waals surface area contributed by atoms with Crippen LogP contribution in [0.1, 0.15) is 42.6 Å². The quantitative estimate of drug-likeness (QED) is 0.116. The number of carbonyl (C=O) groups excluding carboxylic acids is 3. The summed E-state index contributed by atoms with van der Waals surface area (Å²) >= 11 is 0. The van der Waals surface area contributed by atoms with Crippen LogP contribution in [0.25, 0.3) is 0 Å². The van der Waals surface area contributed by atoms with E-state index >= 15 is 0 Å². The second kappa shape index (κ2) is 17.5. The molecular weight excluding hydrogens is 540 g/mol. The topological polar surface area (TPSA) is 105 Å². The van der Waals surface area contributed by atoms with E-state index in [0.29, 0.717) is 24.8 Å². The van der Waals surface area contributed by atoms with Gasteiger partial charge in [0.15, 0.2) is 0 Å². The molecule has 0 saturated carbocycles. The Labute approximate surface area is 254 Å². The largest absolute Gasteiger partial charge is 0.455 e. The monoisotopic (exact) mass is 582 g/mol. The number of rotatable bonds is 17. The minimum absolute atomic E-state index is 0.0994. The van der Waals surface area contributed by atoms with Gasteiger partial charge in [-0.3, -0.25) is 14.4 Å². The zero-order valence-corrected chi connectivity index (χ0v) is 24.7. The van der Waals surface area contributed by atoms with Gasteiger partial charge in [0.2, 0.25) is 11.8 Å². The molecule has 0 heterocycles. The van der Waals surface area contributed by atoms with Crippen LogP contribution in [0.5, 0.6) is 0 Å². The molecule has 0 aliphatic rings. The maximum absolute atomic E-state index is 13.5. The fourth-order valence-electron chi connectivity index (χ4n) is 4.95. The number of esters is 1. The molecule has 0 aromatic heterocycles. The van der Waals surface area contributed by atoms with E-state index in [1.807, 2.05) is 91.0 Å². The smallest absolute Gasteiger partial charge is 0.310 e. The van der Waals surface area contributed by atoms with Gasteiger partial charge in [-0.2, -0.15) is 0 Å². The molecule has 0 saturated heterocycles. The molecule has 3 rings (SSSR count). The van der Waals surface area contributed by atoms with Crippen molar-refractivity contribution in [2.75, 3.05) is 6.61 Å². The van der Waals surface area contributed by atoms with Crippen molar-refractivity contribution in [1.82, 2.24) is 10.6 Å². The summed E-state index contributed by atoms with van der Waals surface area (Å²) in [5, 5.41) is 15.6. The first-order valence-electron chi connectivity index (χ1n) is 14.6. The highest BCUT2D eigenvalue weighted by atomic mass is 16.5. The molecule has 1 unspecified atom stereocenters. The molecule has 0 radical (unpaired) electrons. The van der Waals surface area contributed by atoms with E-state index in [-0.39, 0.29) is 13.0 Å². The predicted molar refractivity (Wildman–Crippen MR) is 169 cm³/mol. The van der Waals surface area contributed by atoms with Gasteiger partial charge < -0.3 is 20.5 Å². The molecular formula is C36H42N2O5. The van der Waals surface area contributed by atoms with Crippen molar-refractivity contribution in [3.8, 4) is 0 Å². The SMILES string of the molecule is C=CCC(C(=O)N[C@@H](CO)Cc1ccccc1)C(=O)N[C@H](C)[C@@H](OC(=O)[C@@H](CC=C)Cc1ccccc1)c1ccccc1. The van der Waals surface area contributed by atoms with Crippen molar-refractivity contribution in [3.63, 3.8) is 0 Å². The first-order chi connectivity index (χ1) is 20.9. The van der Waals surface area contributed by atoms with Crippen LogP contribution >= 0.6 is 0 Å².